The van der Waals surface area contributed by atoms with Crippen LogP contribution in [-0.2, 0) is 0 Å². The van der Waals surface area contributed by atoms with Crippen molar-refractivity contribution in [3.8, 4) is 44.5 Å². The van der Waals surface area contributed by atoms with Crippen LogP contribution in [0.15, 0.2) is 241 Å². The fourth-order valence-electron chi connectivity index (χ4n) is 9.44. The number of rotatable bonds is 7. The first-order chi connectivity index (χ1) is 30.7. The maximum Gasteiger partial charge on any atom is 0.135 e. The zero-order chi connectivity index (χ0) is 41.0. The van der Waals surface area contributed by atoms with Gasteiger partial charge in [0.2, 0.25) is 0 Å². The Labute approximate surface area is 360 Å². The lowest BCUT2D eigenvalue weighted by atomic mass is 9.91. The van der Waals surface area contributed by atoms with Gasteiger partial charge in [-0.25, -0.2) is 0 Å². The molecular weight excluding hydrogens is 751 g/mol. The van der Waals surface area contributed by atoms with E-state index in [1.807, 2.05) is 12.1 Å². The standard InChI is InChI=1S/C60H39NO/c1-2-13-42(14-3-1)52-35-29-46(56-38-45-16-5-7-19-51(45)53-20-8-9-21-54(53)56)39-58(52)61(48-33-27-43(28-34-48)50-23-12-17-41-15-4-6-18-49(41)50)47-31-25-40(26-32-47)44-30-36-60-57(37-44)55-22-10-11-24-59(55)62-60/h1-39H. The van der Waals surface area contributed by atoms with E-state index in [2.05, 4.69) is 229 Å². The summed E-state index contributed by atoms with van der Waals surface area (Å²) in [6.45, 7) is 0. The van der Waals surface area contributed by atoms with E-state index in [4.69, 9.17) is 4.42 Å². The molecular formula is C60H39NO. The first-order valence-corrected chi connectivity index (χ1v) is 21.2. The normalized spacial score (nSPS) is 11.5. The van der Waals surface area contributed by atoms with E-state index in [0.717, 1.165) is 66.8 Å². The third-order valence-electron chi connectivity index (χ3n) is 12.5. The van der Waals surface area contributed by atoms with Crippen molar-refractivity contribution in [2.45, 2.75) is 0 Å². The fourth-order valence-corrected chi connectivity index (χ4v) is 9.44. The van der Waals surface area contributed by atoms with E-state index in [0.29, 0.717) is 0 Å². The molecule has 12 aromatic rings. The minimum absolute atomic E-state index is 0.900. The van der Waals surface area contributed by atoms with Crippen LogP contribution in [0.5, 0.6) is 0 Å². The summed E-state index contributed by atoms with van der Waals surface area (Å²) < 4.78 is 6.18. The second-order valence-corrected chi connectivity index (χ2v) is 16.1. The molecule has 0 atom stereocenters. The fraction of sp³-hybridized carbons (Fsp3) is 0. The lowest BCUT2D eigenvalue weighted by Gasteiger charge is -2.29. The van der Waals surface area contributed by atoms with Crippen LogP contribution in [0.3, 0.4) is 0 Å². The number of fused-ring (bicyclic) bond motifs is 7. The zero-order valence-corrected chi connectivity index (χ0v) is 33.9. The van der Waals surface area contributed by atoms with Crippen molar-refractivity contribution >= 4 is 71.3 Å². The number of anilines is 3. The van der Waals surface area contributed by atoms with Crippen molar-refractivity contribution in [2.75, 3.05) is 4.90 Å². The average Bonchev–Trinajstić information content (AvgIpc) is 3.72. The summed E-state index contributed by atoms with van der Waals surface area (Å²) in [6, 6.07) is 85.7. The highest BCUT2D eigenvalue weighted by Gasteiger charge is 2.21. The molecule has 11 aromatic carbocycles. The molecule has 0 amide bonds. The molecule has 0 aliphatic rings. The highest BCUT2D eigenvalue weighted by Crippen LogP contribution is 2.46. The van der Waals surface area contributed by atoms with E-state index in [9.17, 15) is 0 Å². The highest BCUT2D eigenvalue weighted by molar-refractivity contribution is 6.14. The quantitative estimate of drug-likeness (QED) is 0.150. The summed E-state index contributed by atoms with van der Waals surface area (Å²) in [6.07, 6.45) is 0. The van der Waals surface area contributed by atoms with Gasteiger partial charge in [-0.2, -0.15) is 0 Å². The van der Waals surface area contributed by atoms with Crippen molar-refractivity contribution in [2.24, 2.45) is 0 Å². The second-order valence-electron chi connectivity index (χ2n) is 16.1. The maximum absolute atomic E-state index is 6.18. The molecule has 0 spiro atoms. The number of para-hydroxylation sites is 1. The summed E-state index contributed by atoms with van der Waals surface area (Å²) in [4.78, 5) is 2.43. The molecule has 0 aliphatic heterocycles. The molecule has 290 valence electrons. The Morgan fingerprint density at radius 1 is 0.258 bits per heavy atom. The van der Waals surface area contributed by atoms with Crippen molar-refractivity contribution < 1.29 is 4.42 Å². The van der Waals surface area contributed by atoms with Crippen LogP contribution in [0.25, 0.3) is 98.8 Å². The van der Waals surface area contributed by atoms with Gasteiger partial charge in [-0.15, -0.1) is 0 Å². The maximum atomic E-state index is 6.18. The third kappa shape index (κ3) is 6.12. The Kier molecular flexibility index (Phi) is 8.53. The summed E-state index contributed by atoms with van der Waals surface area (Å²) in [5, 5.41) is 9.73. The van der Waals surface area contributed by atoms with Crippen LogP contribution in [0.2, 0.25) is 0 Å². The van der Waals surface area contributed by atoms with E-state index in [1.165, 1.54) is 49.0 Å². The molecule has 0 bridgehead atoms. The van der Waals surface area contributed by atoms with Gasteiger partial charge in [-0.3, -0.25) is 0 Å². The van der Waals surface area contributed by atoms with Gasteiger partial charge in [0.1, 0.15) is 11.2 Å². The van der Waals surface area contributed by atoms with Crippen molar-refractivity contribution in [3.05, 3.63) is 237 Å². The lowest BCUT2D eigenvalue weighted by molar-refractivity contribution is 0.669. The number of hydrogen-bond acceptors (Lipinski definition) is 2. The predicted molar refractivity (Wildman–Crippen MR) is 263 cm³/mol. The molecule has 0 fully saturated rings. The van der Waals surface area contributed by atoms with Crippen molar-refractivity contribution in [3.63, 3.8) is 0 Å². The van der Waals surface area contributed by atoms with E-state index in [1.54, 1.807) is 0 Å². The van der Waals surface area contributed by atoms with Gasteiger partial charge < -0.3 is 9.32 Å². The Hall–Kier alpha value is -8.20. The van der Waals surface area contributed by atoms with Gasteiger partial charge in [0.15, 0.2) is 0 Å². The Bertz CT molecular complexity index is 3610. The van der Waals surface area contributed by atoms with E-state index in [-0.39, 0.29) is 0 Å². The third-order valence-corrected chi connectivity index (χ3v) is 12.5. The lowest BCUT2D eigenvalue weighted by Crippen LogP contribution is -2.11. The Balaban J connectivity index is 1.05. The minimum atomic E-state index is 0.900. The van der Waals surface area contributed by atoms with Gasteiger partial charge >= 0.3 is 0 Å². The number of benzene rings is 11. The summed E-state index contributed by atoms with van der Waals surface area (Å²) in [5.74, 6) is 0. The Morgan fingerprint density at radius 3 is 1.61 bits per heavy atom. The van der Waals surface area contributed by atoms with Gasteiger partial charge in [0.05, 0.1) is 5.69 Å². The molecule has 0 unspecified atom stereocenters. The molecule has 1 aromatic heterocycles. The van der Waals surface area contributed by atoms with Crippen molar-refractivity contribution in [1.29, 1.82) is 0 Å². The average molecular weight is 790 g/mol. The summed E-state index contributed by atoms with van der Waals surface area (Å²) in [7, 11) is 0. The number of hydrogen-bond donors (Lipinski definition) is 0. The predicted octanol–water partition coefficient (Wildman–Crippen LogP) is 17.2. The van der Waals surface area contributed by atoms with Crippen LogP contribution in [0.4, 0.5) is 17.1 Å². The van der Waals surface area contributed by atoms with Crippen molar-refractivity contribution in [1.82, 2.24) is 0 Å². The van der Waals surface area contributed by atoms with Gasteiger partial charge in [0, 0.05) is 27.7 Å². The molecule has 0 aliphatic carbocycles. The van der Waals surface area contributed by atoms with Crippen LogP contribution < -0.4 is 4.90 Å². The van der Waals surface area contributed by atoms with E-state index >= 15 is 0 Å². The molecule has 2 nitrogen and oxygen atoms in total. The zero-order valence-electron chi connectivity index (χ0n) is 33.9. The molecule has 0 saturated heterocycles. The highest BCUT2D eigenvalue weighted by atomic mass is 16.3. The topological polar surface area (TPSA) is 16.4 Å². The second kappa shape index (κ2) is 14.8. The smallest absolute Gasteiger partial charge is 0.135 e. The van der Waals surface area contributed by atoms with Gasteiger partial charge in [0.25, 0.3) is 0 Å². The molecule has 12 rings (SSSR count). The first kappa shape index (κ1) is 35.7. The minimum Gasteiger partial charge on any atom is -0.456 e. The van der Waals surface area contributed by atoms with Crippen LogP contribution in [0, 0.1) is 0 Å². The summed E-state index contributed by atoms with van der Waals surface area (Å²) >= 11 is 0. The molecule has 1 heterocycles. The molecule has 0 radical (unpaired) electrons. The summed E-state index contributed by atoms with van der Waals surface area (Å²) in [5.41, 5.74) is 14.4. The number of furan rings is 1. The largest absolute Gasteiger partial charge is 0.456 e. The monoisotopic (exact) mass is 789 g/mol. The SMILES string of the molecule is c1ccc(-c2ccc(-c3cc4ccccc4c4ccccc34)cc2N(c2ccc(-c3ccc4oc5ccccc5c4c3)cc2)c2ccc(-c3cccc4ccccc34)cc2)cc1. The first-order valence-electron chi connectivity index (χ1n) is 21.2. The molecule has 0 N–H and O–H groups in total. The van der Waals surface area contributed by atoms with Crippen LogP contribution in [-0.4, -0.2) is 0 Å². The van der Waals surface area contributed by atoms with E-state index < -0.39 is 0 Å². The van der Waals surface area contributed by atoms with Crippen LogP contribution >= 0.6 is 0 Å². The molecule has 0 saturated carbocycles. The van der Waals surface area contributed by atoms with Gasteiger partial charge in [-0.1, -0.05) is 182 Å². The van der Waals surface area contributed by atoms with Gasteiger partial charge in [-0.05, 0) is 126 Å². The Morgan fingerprint density at radius 2 is 0.823 bits per heavy atom. The molecule has 2 heteroatoms. The molecule has 62 heavy (non-hydrogen) atoms. The van der Waals surface area contributed by atoms with Crippen LogP contribution in [0.1, 0.15) is 0 Å². The number of nitrogens with zero attached hydrogens (tertiary/aromatic N) is 1.